The molecule has 0 bridgehead atoms. The SMILES string of the molecule is CCCCCCNC(=O)COC(=O)[C@H](C)N1C(=O)c2ccccc2C1=O. The summed E-state index contributed by atoms with van der Waals surface area (Å²) >= 11 is 0. The molecule has 0 aliphatic carbocycles. The number of benzene rings is 1. The lowest BCUT2D eigenvalue weighted by Gasteiger charge is -2.20. The third kappa shape index (κ3) is 4.47. The Bertz CT molecular complexity index is 666. The largest absolute Gasteiger partial charge is 0.454 e. The van der Waals surface area contributed by atoms with Gasteiger partial charge in [0.2, 0.25) is 0 Å². The molecule has 1 aromatic carbocycles. The van der Waals surface area contributed by atoms with Crippen molar-refractivity contribution in [2.75, 3.05) is 13.2 Å². The van der Waals surface area contributed by atoms with E-state index in [2.05, 4.69) is 12.2 Å². The number of nitrogens with zero attached hydrogens (tertiary/aromatic N) is 1. The lowest BCUT2D eigenvalue weighted by molar-refractivity contribution is -0.151. The molecule has 1 atom stereocenters. The minimum Gasteiger partial charge on any atom is -0.454 e. The highest BCUT2D eigenvalue weighted by atomic mass is 16.5. The highest BCUT2D eigenvalue weighted by Gasteiger charge is 2.41. The predicted molar refractivity (Wildman–Crippen MR) is 94.5 cm³/mol. The van der Waals surface area contributed by atoms with Gasteiger partial charge in [0.15, 0.2) is 6.61 Å². The van der Waals surface area contributed by atoms with E-state index in [-0.39, 0.29) is 11.1 Å². The number of hydrogen-bond acceptors (Lipinski definition) is 5. The summed E-state index contributed by atoms with van der Waals surface area (Å²) in [5, 5.41) is 2.67. The fourth-order valence-electron chi connectivity index (χ4n) is 2.75. The molecule has 3 amide bonds. The molecular formula is C19H24N2O5. The number of ether oxygens (including phenoxy) is 1. The second kappa shape index (κ2) is 9.12. The van der Waals surface area contributed by atoms with Crippen molar-refractivity contribution in [3.05, 3.63) is 35.4 Å². The highest BCUT2D eigenvalue weighted by molar-refractivity contribution is 6.22. The number of unbranched alkanes of at least 4 members (excludes halogenated alkanes) is 3. The Hall–Kier alpha value is -2.70. The molecule has 2 rings (SSSR count). The molecular weight excluding hydrogens is 336 g/mol. The molecule has 0 aromatic heterocycles. The summed E-state index contributed by atoms with van der Waals surface area (Å²) in [6.07, 6.45) is 4.14. The molecule has 140 valence electrons. The Morgan fingerprint density at radius 2 is 1.69 bits per heavy atom. The second-order valence-corrected chi connectivity index (χ2v) is 6.22. The summed E-state index contributed by atoms with van der Waals surface area (Å²) < 4.78 is 4.95. The molecule has 0 radical (unpaired) electrons. The number of esters is 1. The maximum Gasteiger partial charge on any atom is 0.329 e. The predicted octanol–water partition coefficient (Wildman–Crippen LogP) is 1.91. The number of rotatable bonds is 9. The fourth-order valence-corrected chi connectivity index (χ4v) is 2.75. The van der Waals surface area contributed by atoms with Gasteiger partial charge < -0.3 is 10.1 Å². The molecule has 1 N–H and O–H groups in total. The van der Waals surface area contributed by atoms with Gasteiger partial charge in [-0.25, -0.2) is 4.79 Å². The van der Waals surface area contributed by atoms with E-state index in [0.717, 1.165) is 30.6 Å². The third-order valence-corrected chi connectivity index (χ3v) is 4.25. The van der Waals surface area contributed by atoms with Gasteiger partial charge in [0.05, 0.1) is 11.1 Å². The number of hydrogen-bond donors (Lipinski definition) is 1. The number of carbonyl (C=O) groups is 4. The Morgan fingerprint density at radius 3 is 2.27 bits per heavy atom. The molecule has 7 heteroatoms. The number of amides is 3. The van der Waals surface area contributed by atoms with Gasteiger partial charge in [0, 0.05) is 6.54 Å². The van der Waals surface area contributed by atoms with Gasteiger partial charge in [0.25, 0.3) is 17.7 Å². The minimum absolute atomic E-state index is 0.266. The van der Waals surface area contributed by atoms with Crippen LogP contribution in [0.1, 0.15) is 60.2 Å². The van der Waals surface area contributed by atoms with E-state index < -0.39 is 36.3 Å². The lowest BCUT2D eigenvalue weighted by atomic mass is 10.1. The second-order valence-electron chi connectivity index (χ2n) is 6.22. The molecule has 0 unspecified atom stereocenters. The zero-order valence-corrected chi connectivity index (χ0v) is 15.1. The van der Waals surface area contributed by atoms with Crippen LogP contribution in [-0.2, 0) is 14.3 Å². The van der Waals surface area contributed by atoms with Crippen LogP contribution in [0.4, 0.5) is 0 Å². The number of nitrogens with one attached hydrogen (secondary N) is 1. The average Bonchev–Trinajstić information content (AvgIpc) is 2.90. The molecule has 0 fully saturated rings. The van der Waals surface area contributed by atoms with E-state index in [9.17, 15) is 19.2 Å². The molecule has 1 aromatic rings. The third-order valence-electron chi connectivity index (χ3n) is 4.25. The molecule has 7 nitrogen and oxygen atoms in total. The molecule has 0 saturated heterocycles. The van der Waals surface area contributed by atoms with Crippen LogP contribution in [0.3, 0.4) is 0 Å². The Labute approximate surface area is 152 Å². The number of imide groups is 1. The van der Waals surface area contributed by atoms with E-state index in [4.69, 9.17) is 4.74 Å². The molecule has 1 heterocycles. The summed E-state index contributed by atoms with van der Waals surface area (Å²) in [5.41, 5.74) is 0.531. The van der Waals surface area contributed by atoms with Crippen LogP contribution in [0.5, 0.6) is 0 Å². The van der Waals surface area contributed by atoms with Crippen LogP contribution in [0.2, 0.25) is 0 Å². The van der Waals surface area contributed by atoms with Crippen LogP contribution >= 0.6 is 0 Å². The maximum atomic E-state index is 12.3. The first kappa shape index (κ1) is 19.6. The summed E-state index contributed by atoms with van der Waals surface area (Å²) in [7, 11) is 0. The standard InChI is InChI=1S/C19H24N2O5/c1-3-4-5-8-11-20-16(22)12-26-19(25)13(2)21-17(23)14-9-6-7-10-15(14)18(21)24/h6-7,9-10,13H,3-5,8,11-12H2,1-2H3,(H,20,22)/t13-/m0/s1. The first-order chi connectivity index (χ1) is 12.5. The maximum absolute atomic E-state index is 12.3. The average molecular weight is 360 g/mol. The van der Waals surface area contributed by atoms with Crippen molar-refractivity contribution < 1.29 is 23.9 Å². The van der Waals surface area contributed by atoms with Crippen LogP contribution in [0, 0.1) is 0 Å². The van der Waals surface area contributed by atoms with Crippen molar-refractivity contribution in [2.45, 2.75) is 45.6 Å². The molecule has 26 heavy (non-hydrogen) atoms. The van der Waals surface area contributed by atoms with E-state index in [1.54, 1.807) is 24.3 Å². The number of carbonyl (C=O) groups excluding carboxylic acids is 4. The van der Waals surface area contributed by atoms with Crippen molar-refractivity contribution >= 4 is 23.7 Å². The molecule has 0 saturated carbocycles. The van der Waals surface area contributed by atoms with Gasteiger partial charge in [-0.3, -0.25) is 19.3 Å². The molecule has 1 aliphatic heterocycles. The van der Waals surface area contributed by atoms with Gasteiger partial charge >= 0.3 is 5.97 Å². The normalized spacial score (nSPS) is 14.2. The van der Waals surface area contributed by atoms with Gasteiger partial charge in [-0.15, -0.1) is 0 Å². The van der Waals surface area contributed by atoms with Crippen LogP contribution < -0.4 is 5.32 Å². The van der Waals surface area contributed by atoms with Crippen molar-refractivity contribution in [3.8, 4) is 0 Å². The van der Waals surface area contributed by atoms with E-state index >= 15 is 0 Å². The van der Waals surface area contributed by atoms with Crippen LogP contribution in [0.25, 0.3) is 0 Å². The quantitative estimate of drug-likeness (QED) is 0.412. The lowest BCUT2D eigenvalue weighted by Crippen LogP contribution is -2.44. The van der Waals surface area contributed by atoms with E-state index in [1.807, 2.05) is 0 Å². The monoisotopic (exact) mass is 360 g/mol. The van der Waals surface area contributed by atoms with Gasteiger partial charge in [-0.1, -0.05) is 38.3 Å². The summed E-state index contributed by atoms with van der Waals surface area (Å²) in [6, 6.07) is 5.29. The summed E-state index contributed by atoms with van der Waals surface area (Å²) in [4.78, 5) is 49.4. The van der Waals surface area contributed by atoms with Gasteiger partial charge in [0.1, 0.15) is 6.04 Å². The smallest absolute Gasteiger partial charge is 0.329 e. The minimum atomic E-state index is -1.10. The Kier molecular flexibility index (Phi) is 6.89. The Morgan fingerprint density at radius 1 is 1.08 bits per heavy atom. The first-order valence-electron chi connectivity index (χ1n) is 8.87. The van der Waals surface area contributed by atoms with Gasteiger partial charge in [-0.2, -0.15) is 0 Å². The van der Waals surface area contributed by atoms with Crippen LogP contribution in [-0.4, -0.2) is 47.8 Å². The topological polar surface area (TPSA) is 92.8 Å². The van der Waals surface area contributed by atoms with Crippen molar-refractivity contribution in [3.63, 3.8) is 0 Å². The fraction of sp³-hybridized carbons (Fsp3) is 0.474. The summed E-state index contributed by atoms with van der Waals surface area (Å²) in [6.45, 7) is 3.62. The van der Waals surface area contributed by atoms with E-state index in [0.29, 0.717) is 6.54 Å². The van der Waals surface area contributed by atoms with Crippen molar-refractivity contribution in [1.29, 1.82) is 0 Å². The van der Waals surface area contributed by atoms with E-state index in [1.165, 1.54) is 6.92 Å². The van der Waals surface area contributed by atoms with Crippen molar-refractivity contribution in [1.82, 2.24) is 10.2 Å². The van der Waals surface area contributed by atoms with Crippen molar-refractivity contribution in [2.24, 2.45) is 0 Å². The zero-order valence-electron chi connectivity index (χ0n) is 15.1. The summed E-state index contributed by atoms with van der Waals surface area (Å²) in [5.74, 6) is -2.25. The highest BCUT2D eigenvalue weighted by Crippen LogP contribution is 2.24. The van der Waals surface area contributed by atoms with Gasteiger partial charge in [-0.05, 0) is 25.5 Å². The Balaban J connectivity index is 1.82. The number of fused-ring (bicyclic) bond motifs is 1. The molecule has 1 aliphatic rings. The van der Waals surface area contributed by atoms with Crippen LogP contribution in [0.15, 0.2) is 24.3 Å². The molecule has 0 spiro atoms. The zero-order chi connectivity index (χ0) is 19.1. The first-order valence-corrected chi connectivity index (χ1v) is 8.87.